The molecular formula is C24H25NO4. The Morgan fingerprint density at radius 2 is 1.72 bits per heavy atom. The number of hydrogen-bond acceptors (Lipinski definition) is 5. The zero-order valence-electron chi connectivity index (χ0n) is 17.2. The van der Waals surface area contributed by atoms with Crippen LogP contribution in [0.15, 0.2) is 54.2 Å². The molecule has 2 heterocycles. The smallest absolute Gasteiger partial charge is 0.336 e. The molecule has 0 aromatic heterocycles. The van der Waals surface area contributed by atoms with E-state index in [0.717, 1.165) is 35.4 Å². The standard InChI is InChI=1S/C24H25NO4/c1-15-5-7-16(8-6-15)18-10-12-25-11-9-17-13-20(27-2)21(28-3)14-19(17)23(25)22(18)24(26)29-4/h5-8,10,12-14,18H,9,11H2,1-4H3/t18-/m0/s1. The van der Waals surface area contributed by atoms with E-state index >= 15 is 0 Å². The van der Waals surface area contributed by atoms with Gasteiger partial charge in [-0.2, -0.15) is 0 Å². The van der Waals surface area contributed by atoms with Crippen LogP contribution in [0.5, 0.6) is 11.5 Å². The van der Waals surface area contributed by atoms with Gasteiger partial charge in [0.15, 0.2) is 11.5 Å². The Hall–Kier alpha value is -3.21. The fourth-order valence-electron chi connectivity index (χ4n) is 4.12. The van der Waals surface area contributed by atoms with E-state index in [2.05, 4.69) is 48.4 Å². The fraction of sp³-hybridized carbons (Fsp3) is 0.292. The molecule has 5 heteroatoms. The summed E-state index contributed by atoms with van der Waals surface area (Å²) in [7, 11) is 4.69. The second kappa shape index (κ2) is 7.66. The highest BCUT2D eigenvalue weighted by Gasteiger charge is 2.35. The zero-order valence-corrected chi connectivity index (χ0v) is 17.2. The first-order chi connectivity index (χ1) is 14.1. The highest BCUT2D eigenvalue weighted by molar-refractivity contribution is 6.01. The molecule has 0 radical (unpaired) electrons. The van der Waals surface area contributed by atoms with Gasteiger partial charge in [-0.25, -0.2) is 4.79 Å². The number of aryl methyl sites for hydroxylation is 1. The van der Waals surface area contributed by atoms with Crippen molar-refractivity contribution in [2.24, 2.45) is 0 Å². The van der Waals surface area contributed by atoms with Crippen LogP contribution < -0.4 is 9.47 Å². The van der Waals surface area contributed by atoms with Gasteiger partial charge in [0.25, 0.3) is 0 Å². The van der Waals surface area contributed by atoms with Crippen molar-refractivity contribution in [3.63, 3.8) is 0 Å². The SMILES string of the molecule is COC(=O)C1=C2c3cc(OC)c(OC)cc3CCN2C=C[C@H]1c1ccc(C)cc1. The van der Waals surface area contributed by atoms with Crippen molar-refractivity contribution in [1.29, 1.82) is 0 Å². The molecule has 2 aliphatic heterocycles. The molecule has 0 unspecified atom stereocenters. The normalized spacial score (nSPS) is 17.5. The van der Waals surface area contributed by atoms with Crippen LogP contribution in [0.3, 0.4) is 0 Å². The summed E-state index contributed by atoms with van der Waals surface area (Å²) >= 11 is 0. The van der Waals surface area contributed by atoms with Gasteiger partial charge < -0.3 is 19.1 Å². The molecule has 0 saturated heterocycles. The maximum absolute atomic E-state index is 13.0. The van der Waals surface area contributed by atoms with Crippen LogP contribution in [0.1, 0.15) is 28.2 Å². The third kappa shape index (κ3) is 3.27. The lowest BCUT2D eigenvalue weighted by Crippen LogP contribution is -2.32. The van der Waals surface area contributed by atoms with Crippen LogP contribution in [0, 0.1) is 6.92 Å². The summed E-state index contributed by atoms with van der Waals surface area (Å²) in [5.41, 5.74) is 5.89. The van der Waals surface area contributed by atoms with Gasteiger partial charge in [0.2, 0.25) is 0 Å². The number of fused-ring (bicyclic) bond motifs is 3. The summed E-state index contributed by atoms with van der Waals surface area (Å²) in [6.45, 7) is 2.84. The molecule has 2 aromatic carbocycles. The van der Waals surface area contributed by atoms with E-state index in [1.807, 2.05) is 12.1 Å². The Morgan fingerprint density at radius 1 is 1.03 bits per heavy atom. The van der Waals surface area contributed by atoms with Crippen LogP contribution in [0.4, 0.5) is 0 Å². The lowest BCUT2D eigenvalue weighted by atomic mass is 9.82. The molecule has 2 aromatic rings. The Morgan fingerprint density at radius 3 is 2.38 bits per heavy atom. The molecule has 0 spiro atoms. The first-order valence-electron chi connectivity index (χ1n) is 9.66. The van der Waals surface area contributed by atoms with Crippen molar-refractivity contribution in [1.82, 2.24) is 4.90 Å². The van der Waals surface area contributed by atoms with E-state index in [-0.39, 0.29) is 11.9 Å². The molecule has 0 amide bonds. The number of methoxy groups -OCH3 is 3. The lowest BCUT2D eigenvalue weighted by Gasteiger charge is -2.37. The molecule has 2 aliphatic rings. The van der Waals surface area contributed by atoms with Crippen molar-refractivity contribution in [3.8, 4) is 11.5 Å². The molecular weight excluding hydrogens is 366 g/mol. The minimum atomic E-state index is -0.317. The minimum absolute atomic E-state index is 0.173. The third-order valence-corrected chi connectivity index (χ3v) is 5.64. The van der Waals surface area contributed by atoms with Gasteiger partial charge in [0.1, 0.15) is 0 Å². The Labute approximate surface area is 171 Å². The molecule has 0 fully saturated rings. The monoisotopic (exact) mass is 391 g/mol. The summed E-state index contributed by atoms with van der Waals surface area (Å²) in [5.74, 6) is 0.850. The Balaban J connectivity index is 1.94. The van der Waals surface area contributed by atoms with Gasteiger partial charge in [-0.1, -0.05) is 35.9 Å². The largest absolute Gasteiger partial charge is 0.493 e. The van der Waals surface area contributed by atoms with Gasteiger partial charge in [0.05, 0.1) is 32.6 Å². The Kier molecular flexibility index (Phi) is 5.05. The van der Waals surface area contributed by atoms with Crippen molar-refractivity contribution in [3.05, 3.63) is 76.5 Å². The Bertz CT molecular complexity index is 1000. The molecule has 0 aliphatic carbocycles. The van der Waals surface area contributed by atoms with Gasteiger partial charge >= 0.3 is 5.97 Å². The predicted molar refractivity (Wildman–Crippen MR) is 112 cm³/mol. The topological polar surface area (TPSA) is 48.0 Å². The number of carbonyl (C=O) groups excluding carboxylic acids is 1. The van der Waals surface area contributed by atoms with E-state index in [1.165, 1.54) is 12.7 Å². The number of nitrogens with zero attached hydrogens (tertiary/aromatic N) is 1. The number of ether oxygens (including phenoxy) is 3. The maximum Gasteiger partial charge on any atom is 0.336 e. The minimum Gasteiger partial charge on any atom is -0.493 e. The second-order valence-electron chi connectivity index (χ2n) is 7.29. The van der Waals surface area contributed by atoms with Gasteiger partial charge in [-0.3, -0.25) is 0 Å². The molecule has 150 valence electrons. The van der Waals surface area contributed by atoms with E-state index < -0.39 is 0 Å². The van der Waals surface area contributed by atoms with Crippen LogP contribution in [-0.4, -0.2) is 38.7 Å². The molecule has 4 rings (SSSR count). The number of esters is 1. The van der Waals surface area contributed by atoms with Crippen molar-refractivity contribution in [2.45, 2.75) is 19.3 Å². The number of benzene rings is 2. The van der Waals surface area contributed by atoms with E-state index in [1.54, 1.807) is 14.2 Å². The quantitative estimate of drug-likeness (QED) is 0.736. The summed E-state index contributed by atoms with van der Waals surface area (Å²) in [5, 5.41) is 0. The summed E-state index contributed by atoms with van der Waals surface area (Å²) in [6, 6.07) is 12.2. The lowest BCUT2D eigenvalue weighted by molar-refractivity contribution is -0.136. The fourth-order valence-corrected chi connectivity index (χ4v) is 4.12. The number of rotatable bonds is 4. The average molecular weight is 391 g/mol. The highest BCUT2D eigenvalue weighted by Crippen LogP contribution is 2.44. The van der Waals surface area contributed by atoms with Crippen molar-refractivity contribution < 1.29 is 19.0 Å². The first-order valence-corrected chi connectivity index (χ1v) is 9.66. The van der Waals surface area contributed by atoms with Crippen LogP contribution in [0.2, 0.25) is 0 Å². The molecule has 0 bridgehead atoms. The summed E-state index contributed by atoms with van der Waals surface area (Å²) in [4.78, 5) is 15.1. The molecule has 5 nitrogen and oxygen atoms in total. The van der Waals surface area contributed by atoms with Crippen molar-refractivity contribution in [2.75, 3.05) is 27.9 Å². The maximum atomic E-state index is 13.0. The predicted octanol–water partition coefficient (Wildman–Crippen LogP) is 4.07. The zero-order chi connectivity index (χ0) is 20.5. The average Bonchev–Trinajstić information content (AvgIpc) is 2.77. The highest BCUT2D eigenvalue weighted by atomic mass is 16.5. The third-order valence-electron chi connectivity index (χ3n) is 5.64. The number of hydrogen-bond donors (Lipinski definition) is 0. The van der Waals surface area contributed by atoms with Crippen LogP contribution in [-0.2, 0) is 16.0 Å². The number of allylic oxidation sites excluding steroid dienone is 1. The molecule has 1 atom stereocenters. The summed E-state index contributed by atoms with van der Waals surface area (Å²) < 4.78 is 16.2. The van der Waals surface area contributed by atoms with Gasteiger partial charge in [-0.15, -0.1) is 0 Å². The van der Waals surface area contributed by atoms with Crippen LogP contribution >= 0.6 is 0 Å². The second-order valence-corrected chi connectivity index (χ2v) is 7.29. The molecule has 0 N–H and O–H groups in total. The number of carbonyl (C=O) groups is 1. The van der Waals surface area contributed by atoms with Gasteiger partial charge in [-0.05, 0) is 36.6 Å². The molecule has 29 heavy (non-hydrogen) atoms. The van der Waals surface area contributed by atoms with E-state index in [0.29, 0.717) is 17.1 Å². The van der Waals surface area contributed by atoms with Gasteiger partial charge in [0, 0.05) is 24.2 Å². The van der Waals surface area contributed by atoms with E-state index in [4.69, 9.17) is 14.2 Å². The van der Waals surface area contributed by atoms with Crippen LogP contribution in [0.25, 0.3) is 5.70 Å². The van der Waals surface area contributed by atoms with E-state index in [9.17, 15) is 4.79 Å². The van der Waals surface area contributed by atoms with Crippen molar-refractivity contribution >= 4 is 11.7 Å². The first kappa shape index (κ1) is 19.1. The summed E-state index contributed by atoms with van der Waals surface area (Å²) in [6.07, 6.45) is 5.01. The molecule has 0 saturated carbocycles.